The highest BCUT2D eigenvalue weighted by Gasteiger charge is 2.17. The standard InChI is InChI=1S/C22H27N3O3/c1-2-25(19-10-4-3-5-11-19)16-21(26)24-18-9-6-8-17(14-18)22(27)23-15-20-12-7-13-28-20/h3-6,8-11,14,20H,2,7,12-13,15-16H2,1H3,(H,23,27)(H,24,26). The summed E-state index contributed by atoms with van der Waals surface area (Å²) in [5, 5.41) is 5.78. The van der Waals surface area contributed by atoms with Crippen molar-refractivity contribution in [1.29, 1.82) is 0 Å². The fraction of sp³-hybridized carbons (Fsp3) is 0.364. The molecule has 0 aliphatic carbocycles. The Morgan fingerprint density at radius 2 is 1.96 bits per heavy atom. The van der Waals surface area contributed by atoms with E-state index in [1.54, 1.807) is 24.3 Å². The van der Waals surface area contributed by atoms with Gasteiger partial charge in [-0.25, -0.2) is 0 Å². The van der Waals surface area contributed by atoms with E-state index in [2.05, 4.69) is 10.6 Å². The topological polar surface area (TPSA) is 70.7 Å². The maximum absolute atomic E-state index is 12.5. The number of ether oxygens (including phenoxy) is 1. The maximum atomic E-state index is 12.5. The summed E-state index contributed by atoms with van der Waals surface area (Å²) in [7, 11) is 0. The van der Waals surface area contributed by atoms with E-state index in [4.69, 9.17) is 4.74 Å². The van der Waals surface area contributed by atoms with Crippen molar-refractivity contribution in [3.63, 3.8) is 0 Å². The van der Waals surface area contributed by atoms with E-state index in [0.29, 0.717) is 17.8 Å². The molecule has 6 heteroatoms. The predicted molar refractivity (Wildman–Crippen MR) is 111 cm³/mol. The molecule has 2 aromatic rings. The molecule has 1 unspecified atom stereocenters. The van der Waals surface area contributed by atoms with E-state index in [1.165, 1.54) is 0 Å². The van der Waals surface area contributed by atoms with Gasteiger partial charge in [-0.3, -0.25) is 9.59 Å². The number of nitrogens with zero attached hydrogens (tertiary/aromatic N) is 1. The van der Waals surface area contributed by atoms with Gasteiger partial charge >= 0.3 is 0 Å². The molecule has 1 saturated heterocycles. The van der Waals surface area contributed by atoms with Crippen LogP contribution in [0.5, 0.6) is 0 Å². The molecule has 0 aromatic heterocycles. The molecule has 0 radical (unpaired) electrons. The van der Waals surface area contributed by atoms with Gasteiger partial charge < -0.3 is 20.3 Å². The number of hydrogen-bond donors (Lipinski definition) is 2. The van der Waals surface area contributed by atoms with Crippen molar-refractivity contribution in [3.05, 3.63) is 60.2 Å². The van der Waals surface area contributed by atoms with E-state index >= 15 is 0 Å². The molecule has 0 spiro atoms. The number of benzene rings is 2. The smallest absolute Gasteiger partial charge is 0.251 e. The fourth-order valence-corrected chi connectivity index (χ4v) is 3.25. The Balaban J connectivity index is 1.55. The molecule has 148 valence electrons. The highest BCUT2D eigenvalue weighted by atomic mass is 16.5. The number of carbonyl (C=O) groups is 2. The van der Waals surface area contributed by atoms with Gasteiger partial charge in [-0.1, -0.05) is 24.3 Å². The van der Waals surface area contributed by atoms with Gasteiger partial charge in [-0.2, -0.15) is 0 Å². The second kappa shape index (κ2) is 9.90. The Hall–Kier alpha value is -2.86. The van der Waals surface area contributed by atoms with Crippen LogP contribution in [0.1, 0.15) is 30.1 Å². The average molecular weight is 381 g/mol. The quantitative estimate of drug-likeness (QED) is 0.737. The van der Waals surface area contributed by atoms with E-state index in [-0.39, 0.29) is 24.5 Å². The van der Waals surface area contributed by atoms with Crippen LogP contribution in [-0.2, 0) is 9.53 Å². The van der Waals surface area contributed by atoms with E-state index < -0.39 is 0 Å². The minimum atomic E-state index is -0.161. The van der Waals surface area contributed by atoms with Crippen molar-refractivity contribution in [2.24, 2.45) is 0 Å². The molecule has 1 fully saturated rings. The Labute approximate surface area is 165 Å². The van der Waals surface area contributed by atoms with Gasteiger partial charge in [-0.05, 0) is 50.1 Å². The molecule has 2 amide bonds. The summed E-state index contributed by atoms with van der Waals surface area (Å²) in [5.41, 5.74) is 2.13. The van der Waals surface area contributed by atoms with Crippen LogP contribution in [0.2, 0.25) is 0 Å². The third-order valence-corrected chi connectivity index (χ3v) is 4.76. The monoisotopic (exact) mass is 381 g/mol. The van der Waals surface area contributed by atoms with Crippen LogP contribution in [0.25, 0.3) is 0 Å². The van der Waals surface area contributed by atoms with Crippen LogP contribution >= 0.6 is 0 Å². The molecular formula is C22H27N3O3. The number of amides is 2. The maximum Gasteiger partial charge on any atom is 0.251 e. The zero-order valence-corrected chi connectivity index (χ0v) is 16.2. The lowest BCUT2D eigenvalue weighted by Gasteiger charge is -2.22. The van der Waals surface area contributed by atoms with Gasteiger partial charge in [0.05, 0.1) is 12.6 Å². The SMILES string of the molecule is CCN(CC(=O)Nc1cccc(C(=O)NCC2CCCO2)c1)c1ccccc1. The highest BCUT2D eigenvalue weighted by Crippen LogP contribution is 2.15. The third kappa shape index (κ3) is 5.57. The number of hydrogen-bond acceptors (Lipinski definition) is 4. The molecule has 2 aromatic carbocycles. The molecule has 1 atom stereocenters. The normalized spacial score (nSPS) is 15.8. The molecule has 0 saturated carbocycles. The summed E-state index contributed by atoms with van der Waals surface area (Å²) in [6.07, 6.45) is 2.12. The van der Waals surface area contributed by atoms with Crippen molar-refractivity contribution in [1.82, 2.24) is 5.32 Å². The summed E-state index contributed by atoms with van der Waals surface area (Å²) in [5.74, 6) is -0.284. The van der Waals surface area contributed by atoms with Crippen molar-refractivity contribution in [3.8, 4) is 0 Å². The summed E-state index contributed by atoms with van der Waals surface area (Å²) in [4.78, 5) is 26.8. The molecule has 0 bridgehead atoms. The van der Waals surface area contributed by atoms with Gasteiger partial charge in [0.15, 0.2) is 0 Å². The number of carbonyl (C=O) groups excluding carboxylic acids is 2. The van der Waals surface area contributed by atoms with E-state index in [0.717, 1.165) is 31.7 Å². The minimum absolute atomic E-state index is 0.102. The van der Waals surface area contributed by atoms with Crippen LogP contribution in [0, 0.1) is 0 Å². The van der Waals surface area contributed by atoms with Gasteiger partial charge in [0, 0.05) is 36.6 Å². The summed E-state index contributed by atoms with van der Waals surface area (Å²) < 4.78 is 5.52. The third-order valence-electron chi connectivity index (χ3n) is 4.76. The van der Waals surface area contributed by atoms with E-state index in [1.807, 2.05) is 42.2 Å². The number of likely N-dealkylation sites (N-methyl/N-ethyl adjacent to an activating group) is 1. The first kappa shape index (κ1) is 19.9. The van der Waals surface area contributed by atoms with Gasteiger partial charge in [0.2, 0.25) is 5.91 Å². The Kier molecular flexibility index (Phi) is 7.03. The average Bonchev–Trinajstić information content (AvgIpc) is 3.25. The highest BCUT2D eigenvalue weighted by molar-refractivity contribution is 5.98. The van der Waals surface area contributed by atoms with Crippen molar-refractivity contribution < 1.29 is 14.3 Å². The van der Waals surface area contributed by atoms with Crippen molar-refractivity contribution in [2.75, 3.05) is 36.5 Å². The summed E-state index contributed by atoms with van der Waals surface area (Å²) >= 11 is 0. The first-order chi connectivity index (χ1) is 13.7. The second-order valence-electron chi connectivity index (χ2n) is 6.82. The summed E-state index contributed by atoms with van der Waals surface area (Å²) in [6, 6.07) is 16.8. The van der Waals surface area contributed by atoms with E-state index in [9.17, 15) is 9.59 Å². The number of para-hydroxylation sites is 1. The summed E-state index contributed by atoms with van der Waals surface area (Å²) in [6.45, 7) is 4.26. The Morgan fingerprint density at radius 1 is 1.14 bits per heavy atom. The zero-order chi connectivity index (χ0) is 19.8. The van der Waals surface area contributed by atoms with Gasteiger partial charge in [0.1, 0.15) is 0 Å². The number of rotatable bonds is 8. The lowest BCUT2D eigenvalue weighted by Crippen LogP contribution is -2.33. The molecule has 1 aliphatic heterocycles. The molecule has 1 aliphatic rings. The molecule has 6 nitrogen and oxygen atoms in total. The van der Waals surface area contributed by atoms with Crippen LogP contribution < -0.4 is 15.5 Å². The predicted octanol–water partition coefficient (Wildman–Crippen LogP) is 3.06. The van der Waals surface area contributed by atoms with Crippen LogP contribution in [0.3, 0.4) is 0 Å². The molecule has 2 N–H and O–H groups in total. The Morgan fingerprint density at radius 3 is 2.68 bits per heavy atom. The molecule has 28 heavy (non-hydrogen) atoms. The lowest BCUT2D eigenvalue weighted by molar-refractivity contribution is -0.115. The van der Waals surface area contributed by atoms with Crippen LogP contribution in [-0.4, -0.2) is 44.2 Å². The van der Waals surface area contributed by atoms with Gasteiger partial charge in [-0.15, -0.1) is 0 Å². The van der Waals surface area contributed by atoms with Crippen LogP contribution in [0.15, 0.2) is 54.6 Å². The Bertz CT molecular complexity index is 789. The number of anilines is 2. The van der Waals surface area contributed by atoms with Crippen molar-refractivity contribution in [2.45, 2.75) is 25.9 Å². The largest absolute Gasteiger partial charge is 0.376 e. The number of nitrogens with one attached hydrogen (secondary N) is 2. The first-order valence-electron chi connectivity index (χ1n) is 9.75. The molecule has 3 rings (SSSR count). The lowest BCUT2D eigenvalue weighted by atomic mass is 10.1. The first-order valence-corrected chi connectivity index (χ1v) is 9.75. The van der Waals surface area contributed by atoms with Crippen molar-refractivity contribution >= 4 is 23.2 Å². The minimum Gasteiger partial charge on any atom is -0.376 e. The second-order valence-corrected chi connectivity index (χ2v) is 6.82. The van der Waals surface area contributed by atoms with Crippen LogP contribution in [0.4, 0.5) is 11.4 Å². The molecular weight excluding hydrogens is 354 g/mol. The zero-order valence-electron chi connectivity index (χ0n) is 16.2. The molecule has 1 heterocycles. The van der Waals surface area contributed by atoms with Gasteiger partial charge in [0.25, 0.3) is 5.91 Å². The fourth-order valence-electron chi connectivity index (χ4n) is 3.25.